The summed E-state index contributed by atoms with van der Waals surface area (Å²) in [6.45, 7) is 0. The molecule has 0 aromatic heterocycles. The van der Waals surface area contributed by atoms with Crippen molar-refractivity contribution in [3.63, 3.8) is 0 Å². The van der Waals surface area contributed by atoms with Crippen LogP contribution in [-0.2, 0) is 6.42 Å². The third-order valence-electron chi connectivity index (χ3n) is 12.4. The van der Waals surface area contributed by atoms with Crippen molar-refractivity contribution in [1.82, 2.24) is 0 Å². The first kappa shape index (κ1) is 36.3. The zero-order valence-corrected chi connectivity index (χ0v) is 33.8. The van der Waals surface area contributed by atoms with Crippen molar-refractivity contribution in [3.05, 3.63) is 259 Å². The minimum Gasteiger partial charge on any atom is -0.310 e. The minimum atomic E-state index is 0.180. The Balaban J connectivity index is 1.17. The van der Waals surface area contributed by atoms with E-state index in [2.05, 4.69) is 248 Å². The summed E-state index contributed by atoms with van der Waals surface area (Å²) in [5.41, 5.74) is 12.3. The van der Waals surface area contributed by atoms with Gasteiger partial charge in [-0.25, -0.2) is 0 Å². The molecule has 0 aliphatic rings. The fourth-order valence-corrected chi connectivity index (χ4v) is 9.65. The molecule has 0 N–H and O–H groups in total. The molecule has 0 aliphatic heterocycles. The third-order valence-corrected chi connectivity index (χ3v) is 12.4. The first-order valence-corrected chi connectivity index (χ1v) is 21.3. The SMILES string of the molecule is c1ccc(-c2c3ccc(N(c4ccccc4)c4cccc5ccccc45)cc3c(-c3ccccc3)c3ccc(CC(c4ccccc4)c4cccc5ccccc45)cc23)cc1. The molecule has 0 aliphatic carbocycles. The molecule has 0 saturated heterocycles. The fourth-order valence-electron chi connectivity index (χ4n) is 9.65. The molecule has 11 aromatic carbocycles. The Hall–Kier alpha value is -7.74. The molecule has 0 radical (unpaired) electrons. The second-order valence-corrected chi connectivity index (χ2v) is 16.0. The molecule has 11 aromatic rings. The Morgan fingerprint density at radius 3 is 1.51 bits per heavy atom. The quantitative estimate of drug-likeness (QED) is 0.132. The smallest absolute Gasteiger partial charge is 0.0540 e. The standard InChI is InChI=1S/C60H43N/c1-5-19-45(20-6-1)55(52-33-17-27-43-21-13-15-31-50(43)52)39-42-35-37-53-56(40-42)59(46-23-7-2-8-24-46)54-38-36-49(41-57(54)60(53)47-25-9-3-10-26-47)61(48-29-11-4-12-30-48)58-34-18-28-44-22-14-16-32-51(44)58/h1-38,40-41,55H,39H2. The molecule has 1 atom stereocenters. The Kier molecular flexibility index (Phi) is 9.41. The molecule has 0 heterocycles. The second-order valence-electron chi connectivity index (χ2n) is 16.0. The largest absolute Gasteiger partial charge is 0.310 e. The summed E-state index contributed by atoms with van der Waals surface area (Å²) in [5.74, 6) is 0.180. The molecule has 0 fully saturated rings. The number of benzene rings is 11. The first-order valence-electron chi connectivity index (χ1n) is 21.3. The molecule has 0 bridgehead atoms. The van der Waals surface area contributed by atoms with Crippen LogP contribution in [0.25, 0.3) is 65.3 Å². The monoisotopic (exact) mass is 777 g/mol. The fraction of sp³-hybridized carbons (Fsp3) is 0.0333. The van der Waals surface area contributed by atoms with Crippen molar-refractivity contribution < 1.29 is 0 Å². The predicted octanol–water partition coefficient (Wildman–Crippen LogP) is 16.5. The van der Waals surface area contributed by atoms with Gasteiger partial charge in [0.2, 0.25) is 0 Å². The zero-order chi connectivity index (χ0) is 40.5. The number of hydrogen-bond acceptors (Lipinski definition) is 1. The summed E-state index contributed by atoms with van der Waals surface area (Å²) in [6, 6.07) is 89.1. The van der Waals surface area contributed by atoms with Gasteiger partial charge >= 0.3 is 0 Å². The van der Waals surface area contributed by atoms with E-state index < -0.39 is 0 Å². The van der Waals surface area contributed by atoms with Crippen molar-refractivity contribution in [2.75, 3.05) is 4.90 Å². The number of hydrogen-bond donors (Lipinski definition) is 0. The number of nitrogens with zero attached hydrogens (tertiary/aromatic N) is 1. The van der Waals surface area contributed by atoms with Crippen LogP contribution in [-0.4, -0.2) is 0 Å². The Morgan fingerprint density at radius 2 is 0.836 bits per heavy atom. The van der Waals surface area contributed by atoms with Crippen molar-refractivity contribution in [1.29, 1.82) is 0 Å². The Bertz CT molecular complexity index is 3310. The number of fused-ring (bicyclic) bond motifs is 4. The highest BCUT2D eigenvalue weighted by Gasteiger charge is 2.23. The van der Waals surface area contributed by atoms with Crippen molar-refractivity contribution in [2.24, 2.45) is 0 Å². The number of para-hydroxylation sites is 1. The Labute approximate surface area is 357 Å². The van der Waals surface area contributed by atoms with Crippen molar-refractivity contribution in [2.45, 2.75) is 12.3 Å². The van der Waals surface area contributed by atoms with Crippen LogP contribution in [0.15, 0.2) is 243 Å². The van der Waals surface area contributed by atoms with E-state index in [4.69, 9.17) is 0 Å². The predicted molar refractivity (Wildman–Crippen MR) is 260 cm³/mol. The summed E-state index contributed by atoms with van der Waals surface area (Å²) in [5, 5.41) is 9.99. The van der Waals surface area contributed by atoms with Crippen LogP contribution in [0.2, 0.25) is 0 Å². The first-order chi connectivity index (χ1) is 30.3. The number of rotatable bonds is 9. The summed E-state index contributed by atoms with van der Waals surface area (Å²) in [6.07, 6.45) is 0.872. The molecule has 11 rings (SSSR count). The van der Waals surface area contributed by atoms with E-state index in [-0.39, 0.29) is 5.92 Å². The van der Waals surface area contributed by atoms with E-state index in [1.165, 1.54) is 82.0 Å². The van der Waals surface area contributed by atoms with Gasteiger partial charge in [0, 0.05) is 22.7 Å². The van der Waals surface area contributed by atoms with Crippen molar-refractivity contribution >= 4 is 60.2 Å². The maximum absolute atomic E-state index is 2.49. The van der Waals surface area contributed by atoms with Gasteiger partial charge < -0.3 is 4.90 Å². The maximum Gasteiger partial charge on any atom is 0.0540 e. The van der Waals surface area contributed by atoms with Crippen LogP contribution in [0.4, 0.5) is 17.1 Å². The molecule has 61 heavy (non-hydrogen) atoms. The highest BCUT2D eigenvalue weighted by atomic mass is 15.1. The van der Waals surface area contributed by atoms with Gasteiger partial charge in [0.05, 0.1) is 5.69 Å². The lowest BCUT2D eigenvalue weighted by Gasteiger charge is -2.28. The molecule has 1 heteroatoms. The summed E-state index contributed by atoms with van der Waals surface area (Å²) in [7, 11) is 0. The molecule has 0 amide bonds. The second kappa shape index (κ2) is 15.8. The van der Waals surface area contributed by atoms with Gasteiger partial charge in [0.25, 0.3) is 0 Å². The van der Waals surface area contributed by atoms with E-state index in [1.807, 2.05) is 0 Å². The lowest BCUT2D eigenvalue weighted by molar-refractivity contribution is 0.813. The van der Waals surface area contributed by atoms with E-state index in [9.17, 15) is 0 Å². The van der Waals surface area contributed by atoms with E-state index in [0.29, 0.717) is 0 Å². The summed E-state index contributed by atoms with van der Waals surface area (Å²) in [4.78, 5) is 2.42. The average molecular weight is 778 g/mol. The third kappa shape index (κ3) is 6.71. The van der Waals surface area contributed by atoms with Gasteiger partial charge in [0.1, 0.15) is 0 Å². The summed E-state index contributed by atoms with van der Waals surface area (Å²) < 4.78 is 0. The van der Waals surface area contributed by atoms with E-state index in [1.54, 1.807) is 0 Å². The van der Waals surface area contributed by atoms with Crippen LogP contribution in [0.5, 0.6) is 0 Å². The van der Waals surface area contributed by atoms with Gasteiger partial charge in [-0.05, 0) is 113 Å². The summed E-state index contributed by atoms with van der Waals surface area (Å²) >= 11 is 0. The molecule has 288 valence electrons. The molecule has 1 unspecified atom stereocenters. The van der Waals surface area contributed by atoms with Gasteiger partial charge in [-0.2, -0.15) is 0 Å². The van der Waals surface area contributed by atoms with Crippen LogP contribution in [0, 0.1) is 0 Å². The van der Waals surface area contributed by atoms with Crippen LogP contribution in [0.3, 0.4) is 0 Å². The highest BCUT2D eigenvalue weighted by molar-refractivity contribution is 6.22. The molecule has 0 saturated carbocycles. The minimum absolute atomic E-state index is 0.180. The number of anilines is 3. The van der Waals surface area contributed by atoms with Crippen LogP contribution in [0.1, 0.15) is 22.6 Å². The van der Waals surface area contributed by atoms with Gasteiger partial charge in [-0.1, -0.05) is 212 Å². The van der Waals surface area contributed by atoms with Gasteiger partial charge in [-0.15, -0.1) is 0 Å². The highest BCUT2D eigenvalue weighted by Crippen LogP contribution is 2.48. The maximum atomic E-state index is 2.49. The normalized spacial score (nSPS) is 11.9. The lowest BCUT2D eigenvalue weighted by atomic mass is 9.81. The molecule has 1 nitrogen and oxygen atoms in total. The van der Waals surface area contributed by atoms with E-state index in [0.717, 1.165) is 23.5 Å². The van der Waals surface area contributed by atoms with Crippen LogP contribution >= 0.6 is 0 Å². The zero-order valence-electron chi connectivity index (χ0n) is 33.8. The van der Waals surface area contributed by atoms with Crippen molar-refractivity contribution in [3.8, 4) is 22.3 Å². The van der Waals surface area contributed by atoms with E-state index >= 15 is 0 Å². The van der Waals surface area contributed by atoms with Gasteiger partial charge in [0.15, 0.2) is 0 Å². The van der Waals surface area contributed by atoms with Crippen LogP contribution < -0.4 is 4.90 Å². The molecule has 0 spiro atoms. The molecular weight excluding hydrogens is 735 g/mol. The lowest BCUT2D eigenvalue weighted by Crippen LogP contribution is -2.10. The average Bonchev–Trinajstić information content (AvgIpc) is 3.33. The molecular formula is C60H43N. The van der Waals surface area contributed by atoms with Gasteiger partial charge in [-0.3, -0.25) is 0 Å². The Morgan fingerprint density at radius 1 is 0.328 bits per heavy atom. The topological polar surface area (TPSA) is 3.24 Å².